The number of likely N-dealkylation sites (tertiary alicyclic amines) is 1. The molecule has 0 aliphatic carbocycles. The van der Waals surface area contributed by atoms with Gasteiger partial charge >= 0.3 is 0 Å². The van der Waals surface area contributed by atoms with Crippen LogP contribution in [0.4, 0.5) is 0 Å². The lowest BCUT2D eigenvalue weighted by Crippen LogP contribution is -2.37. The molecule has 5 heteroatoms. The van der Waals surface area contributed by atoms with Crippen LogP contribution in [0.3, 0.4) is 0 Å². The zero-order valence-electron chi connectivity index (χ0n) is 14.2. The number of carbonyl (C=O) groups is 1. The number of carbonyl (C=O) groups excluding carboxylic acids is 1. The molecule has 0 radical (unpaired) electrons. The van der Waals surface area contributed by atoms with Gasteiger partial charge < -0.3 is 4.74 Å². The Morgan fingerprint density at radius 1 is 1.26 bits per heavy atom. The molecule has 1 aromatic carbocycles. The monoisotopic (exact) mass is 317 g/mol. The predicted molar refractivity (Wildman–Crippen MR) is 93.0 cm³/mol. The summed E-state index contributed by atoms with van der Waals surface area (Å²) in [4.78, 5) is 14.2. The number of amides is 1. The average Bonchev–Trinajstić information content (AvgIpc) is 2.50. The summed E-state index contributed by atoms with van der Waals surface area (Å²) in [5.74, 6) is 0.801. The molecule has 1 amide bonds. The number of hydrogen-bond acceptors (Lipinski definition) is 4. The molecule has 1 N–H and O–H groups in total. The maximum atomic E-state index is 12.0. The summed E-state index contributed by atoms with van der Waals surface area (Å²) in [6.45, 7) is 4.43. The number of hydrogen-bond donors (Lipinski definition) is 1. The Hall–Kier alpha value is -1.88. The molecule has 2 rings (SSSR count). The zero-order valence-corrected chi connectivity index (χ0v) is 14.2. The third kappa shape index (κ3) is 6.02. The standard InChI is InChI=1S/C18H27N3O2/c1-15-12-16(8-9-17(15)23-2)13-19-20-18(22)14-21-10-6-4-3-5-7-11-21/h8-9,12-13H,3-7,10-11,14H2,1-2H3,(H,20,22)/b19-13+. The molecular weight excluding hydrogens is 290 g/mol. The minimum absolute atomic E-state index is 0.0490. The van der Waals surface area contributed by atoms with Gasteiger partial charge in [-0.05, 0) is 62.2 Å². The first-order chi connectivity index (χ1) is 11.2. The van der Waals surface area contributed by atoms with Gasteiger partial charge in [0.25, 0.3) is 5.91 Å². The van der Waals surface area contributed by atoms with Crippen molar-refractivity contribution >= 4 is 12.1 Å². The summed E-state index contributed by atoms with van der Waals surface area (Å²) in [6, 6.07) is 5.80. The van der Waals surface area contributed by atoms with E-state index in [2.05, 4.69) is 15.4 Å². The van der Waals surface area contributed by atoms with Gasteiger partial charge in [-0.25, -0.2) is 5.43 Å². The van der Waals surface area contributed by atoms with E-state index in [9.17, 15) is 4.79 Å². The Balaban J connectivity index is 1.79. The molecule has 126 valence electrons. The molecule has 0 atom stereocenters. The Morgan fingerprint density at radius 2 is 1.96 bits per heavy atom. The fraction of sp³-hybridized carbons (Fsp3) is 0.556. The van der Waals surface area contributed by atoms with Crippen LogP contribution < -0.4 is 10.2 Å². The fourth-order valence-corrected chi connectivity index (χ4v) is 2.87. The molecule has 1 fully saturated rings. The maximum Gasteiger partial charge on any atom is 0.254 e. The highest BCUT2D eigenvalue weighted by molar-refractivity contribution is 5.83. The lowest BCUT2D eigenvalue weighted by molar-refractivity contribution is -0.122. The summed E-state index contributed by atoms with van der Waals surface area (Å²) >= 11 is 0. The second-order valence-corrected chi connectivity index (χ2v) is 6.07. The predicted octanol–water partition coefficient (Wildman–Crippen LogP) is 2.72. The Kier molecular flexibility index (Phi) is 7.07. The molecule has 1 heterocycles. The summed E-state index contributed by atoms with van der Waals surface area (Å²) in [5, 5.41) is 4.05. The van der Waals surface area contributed by atoms with Crippen LogP contribution in [0.1, 0.15) is 43.2 Å². The van der Waals surface area contributed by atoms with Gasteiger partial charge in [-0.15, -0.1) is 0 Å². The number of rotatable bonds is 5. The number of nitrogens with zero attached hydrogens (tertiary/aromatic N) is 2. The van der Waals surface area contributed by atoms with Gasteiger partial charge in [-0.1, -0.05) is 19.3 Å². The van der Waals surface area contributed by atoms with E-state index in [0.717, 1.165) is 30.0 Å². The van der Waals surface area contributed by atoms with E-state index in [4.69, 9.17) is 4.74 Å². The largest absolute Gasteiger partial charge is 0.496 e. The van der Waals surface area contributed by atoms with Gasteiger partial charge in [0.2, 0.25) is 0 Å². The van der Waals surface area contributed by atoms with Crippen molar-refractivity contribution in [3.8, 4) is 5.75 Å². The van der Waals surface area contributed by atoms with Crippen LogP contribution in [-0.2, 0) is 4.79 Å². The van der Waals surface area contributed by atoms with Crippen molar-refractivity contribution in [1.29, 1.82) is 0 Å². The lowest BCUT2D eigenvalue weighted by atomic mass is 10.1. The van der Waals surface area contributed by atoms with Crippen molar-refractivity contribution in [2.45, 2.75) is 39.0 Å². The van der Waals surface area contributed by atoms with Crippen molar-refractivity contribution in [1.82, 2.24) is 10.3 Å². The topological polar surface area (TPSA) is 53.9 Å². The van der Waals surface area contributed by atoms with E-state index in [1.165, 1.54) is 32.1 Å². The van der Waals surface area contributed by atoms with Crippen molar-refractivity contribution in [2.24, 2.45) is 5.10 Å². The van der Waals surface area contributed by atoms with Crippen LogP contribution in [0.2, 0.25) is 0 Å². The van der Waals surface area contributed by atoms with Gasteiger partial charge in [-0.3, -0.25) is 9.69 Å². The van der Waals surface area contributed by atoms with Crippen LogP contribution in [0.15, 0.2) is 23.3 Å². The number of nitrogens with one attached hydrogen (secondary N) is 1. The molecule has 1 saturated heterocycles. The van der Waals surface area contributed by atoms with E-state index >= 15 is 0 Å². The highest BCUT2D eigenvalue weighted by Crippen LogP contribution is 2.17. The Bertz CT molecular complexity index is 535. The maximum absolute atomic E-state index is 12.0. The summed E-state index contributed by atoms with van der Waals surface area (Å²) < 4.78 is 5.23. The van der Waals surface area contributed by atoms with Crippen LogP contribution in [0.5, 0.6) is 5.75 Å². The third-order valence-electron chi connectivity index (χ3n) is 4.14. The van der Waals surface area contributed by atoms with Gasteiger partial charge in [0.1, 0.15) is 5.75 Å². The number of benzene rings is 1. The van der Waals surface area contributed by atoms with E-state index in [0.29, 0.717) is 6.54 Å². The van der Waals surface area contributed by atoms with Gasteiger partial charge in [0.05, 0.1) is 19.9 Å². The Morgan fingerprint density at radius 3 is 2.61 bits per heavy atom. The molecule has 0 spiro atoms. The van der Waals surface area contributed by atoms with Crippen molar-refractivity contribution in [3.05, 3.63) is 29.3 Å². The van der Waals surface area contributed by atoms with Crippen LogP contribution in [0, 0.1) is 6.92 Å². The first-order valence-electron chi connectivity index (χ1n) is 8.38. The molecule has 0 aromatic heterocycles. The molecule has 0 unspecified atom stereocenters. The second kappa shape index (κ2) is 9.30. The van der Waals surface area contributed by atoms with E-state index in [1.54, 1.807) is 13.3 Å². The summed E-state index contributed by atoms with van der Waals surface area (Å²) in [5.41, 5.74) is 4.60. The molecule has 0 saturated carbocycles. The van der Waals surface area contributed by atoms with E-state index in [-0.39, 0.29) is 5.91 Å². The molecule has 1 aliphatic rings. The first kappa shape index (κ1) is 17.5. The number of aryl methyl sites for hydroxylation is 1. The van der Waals surface area contributed by atoms with Gasteiger partial charge in [0, 0.05) is 0 Å². The molecule has 1 aromatic rings. The molecule has 5 nitrogen and oxygen atoms in total. The van der Waals surface area contributed by atoms with Crippen molar-refractivity contribution < 1.29 is 9.53 Å². The summed E-state index contributed by atoms with van der Waals surface area (Å²) in [7, 11) is 1.65. The molecule has 1 aliphatic heterocycles. The van der Waals surface area contributed by atoms with Gasteiger partial charge in [0.15, 0.2) is 0 Å². The SMILES string of the molecule is COc1ccc(/C=N/NC(=O)CN2CCCCCCC2)cc1C. The number of ether oxygens (including phenoxy) is 1. The van der Waals surface area contributed by atoms with Crippen LogP contribution >= 0.6 is 0 Å². The second-order valence-electron chi connectivity index (χ2n) is 6.07. The van der Waals surface area contributed by atoms with E-state index in [1.807, 2.05) is 25.1 Å². The van der Waals surface area contributed by atoms with Crippen LogP contribution in [0.25, 0.3) is 0 Å². The quantitative estimate of drug-likeness (QED) is 0.671. The highest BCUT2D eigenvalue weighted by Gasteiger charge is 2.11. The Labute approximate surface area is 138 Å². The number of methoxy groups -OCH3 is 1. The van der Waals surface area contributed by atoms with E-state index < -0.39 is 0 Å². The number of hydrazone groups is 1. The smallest absolute Gasteiger partial charge is 0.254 e. The van der Waals surface area contributed by atoms with Crippen molar-refractivity contribution in [3.63, 3.8) is 0 Å². The van der Waals surface area contributed by atoms with Gasteiger partial charge in [-0.2, -0.15) is 5.10 Å². The van der Waals surface area contributed by atoms with Crippen molar-refractivity contribution in [2.75, 3.05) is 26.7 Å². The molecule has 0 bridgehead atoms. The molecular formula is C18H27N3O2. The first-order valence-corrected chi connectivity index (χ1v) is 8.38. The average molecular weight is 317 g/mol. The third-order valence-corrected chi connectivity index (χ3v) is 4.14. The molecule has 23 heavy (non-hydrogen) atoms. The minimum atomic E-state index is -0.0490. The normalized spacial score (nSPS) is 16.8. The minimum Gasteiger partial charge on any atom is -0.496 e. The zero-order chi connectivity index (χ0) is 16.5. The fourth-order valence-electron chi connectivity index (χ4n) is 2.87. The lowest BCUT2D eigenvalue weighted by Gasteiger charge is -2.23. The summed E-state index contributed by atoms with van der Waals surface area (Å²) in [6.07, 6.45) is 7.90. The highest BCUT2D eigenvalue weighted by atomic mass is 16.5. The van der Waals surface area contributed by atoms with Crippen LogP contribution in [-0.4, -0.2) is 43.8 Å².